The van der Waals surface area contributed by atoms with E-state index in [-0.39, 0.29) is 17.9 Å². The summed E-state index contributed by atoms with van der Waals surface area (Å²) in [6.07, 6.45) is 1.60. The Kier molecular flexibility index (Phi) is 3.87. The van der Waals surface area contributed by atoms with E-state index in [0.717, 1.165) is 13.0 Å². The van der Waals surface area contributed by atoms with Crippen molar-refractivity contribution in [3.8, 4) is 0 Å². The number of aliphatic carboxylic acids is 1. The molecule has 2 fully saturated rings. The summed E-state index contributed by atoms with van der Waals surface area (Å²) in [5.74, 6) is -0.926. The molecule has 2 aliphatic heterocycles. The summed E-state index contributed by atoms with van der Waals surface area (Å²) < 4.78 is 5.17. The van der Waals surface area contributed by atoms with Gasteiger partial charge >= 0.3 is 5.97 Å². The average molecular weight is 256 g/mol. The summed E-state index contributed by atoms with van der Waals surface area (Å²) in [5.41, 5.74) is -1.15. The molecule has 1 amide bonds. The second-order valence-electron chi connectivity index (χ2n) is 5.19. The Bertz CT molecular complexity index is 339. The molecule has 0 aromatic heterocycles. The molecule has 0 radical (unpaired) electrons. The third-order valence-electron chi connectivity index (χ3n) is 3.93. The summed E-state index contributed by atoms with van der Waals surface area (Å²) >= 11 is 0. The van der Waals surface area contributed by atoms with Crippen molar-refractivity contribution >= 4 is 11.9 Å². The van der Waals surface area contributed by atoms with E-state index in [2.05, 4.69) is 10.6 Å². The first-order valence-electron chi connectivity index (χ1n) is 6.42. The first-order valence-corrected chi connectivity index (χ1v) is 6.42. The lowest BCUT2D eigenvalue weighted by molar-refractivity contribution is -0.152. The molecular weight excluding hydrogens is 236 g/mol. The van der Waals surface area contributed by atoms with Gasteiger partial charge in [0.2, 0.25) is 5.91 Å². The highest BCUT2D eigenvalue weighted by atomic mass is 16.5. The first-order chi connectivity index (χ1) is 8.55. The number of carbonyl (C=O) groups excluding carboxylic acids is 1. The molecular formula is C12H20N2O4. The lowest BCUT2D eigenvalue weighted by Crippen LogP contribution is -2.60. The number of rotatable bonds is 3. The van der Waals surface area contributed by atoms with Gasteiger partial charge in [-0.2, -0.15) is 0 Å². The number of hydrogen-bond acceptors (Lipinski definition) is 4. The maximum atomic E-state index is 12.2. The minimum atomic E-state index is -1.15. The highest BCUT2D eigenvalue weighted by Gasteiger charge is 2.43. The zero-order valence-corrected chi connectivity index (χ0v) is 10.6. The molecule has 2 atom stereocenters. The molecule has 102 valence electrons. The molecule has 0 aromatic rings. The number of nitrogens with one attached hydrogen (secondary N) is 2. The van der Waals surface area contributed by atoms with Crippen LogP contribution in [0.4, 0.5) is 0 Å². The fourth-order valence-corrected chi connectivity index (χ4v) is 2.61. The van der Waals surface area contributed by atoms with Gasteiger partial charge in [-0.1, -0.05) is 6.92 Å². The monoisotopic (exact) mass is 256 g/mol. The van der Waals surface area contributed by atoms with Crippen LogP contribution >= 0.6 is 0 Å². The first kappa shape index (κ1) is 13.3. The third kappa shape index (κ3) is 2.49. The van der Waals surface area contributed by atoms with Crippen molar-refractivity contribution in [1.29, 1.82) is 0 Å². The molecule has 2 heterocycles. The van der Waals surface area contributed by atoms with Crippen molar-refractivity contribution in [1.82, 2.24) is 10.6 Å². The van der Waals surface area contributed by atoms with Crippen LogP contribution < -0.4 is 10.6 Å². The molecule has 6 heteroatoms. The Balaban J connectivity index is 2.04. The molecule has 0 saturated carbocycles. The molecule has 0 aliphatic carbocycles. The normalized spacial score (nSPS) is 30.9. The minimum absolute atomic E-state index is 0.204. The van der Waals surface area contributed by atoms with Crippen molar-refractivity contribution in [3.63, 3.8) is 0 Å². The van der Waals surface area contributed by atoms with Crippen LogP contribution in [0.3, 0.4) is 0 Å². The third-order valence-corrected chi connectivity index (χ3v) is 3.93. The maximum Gasteiger partial charge on any atom is 0.329 e. The standard InChI is InChI=1S/C12H20N2O4/c1-8-2-5-13-9(8)10(15)14-12(11(16)17)3-6-18-7-4-12/h8-9,13H,2-7H2,1H3,(H,14,15)(H,16,17). The average Bonchev–Trinajstić information content (AvgIpc) is 2.76. The van der Waals surface area contributed by atoms with Crippen LogP contribution in [0.15, 0.2) is 0 Å². The van der Waals surface area contributed by atoms with Gasteiger partial charge in [0.25, 0.3) is 0 Å². The van der Waals surface area contributed by atoms with Crippen LogP contribution in [0.5, 0.6) is 0 Å². The van der Waals surface area contributed by atoms with E-state index in [1.165, 1.54) is 0 Å². The fraction of sp³-hybridized carbons (Fsp3) is 0.833. The van der Waals surface area contributed by atoms with E-state index < -0.39 is 11.5 Å². The van der Waals surface area contributed by atoms with Gasteiger partial charge in [0, 0.05) is 26.1 Å². The van der Waals surface area contributed by atoms with Gasteiger partial charge in [-0.25, -0.2) is 4.79 Å². The van der Waals surface area contributed by atoms with Gasteiger partial charge < -0.3 is 20.5 Å². The molecule has 0 spiro atoms. The van der Waals surface area contributed by atoms with E-state index in [0.29, 0.717) is 26.1 Å². The number of ether oxygens (including phenoxy) is 1. The Morgan fingerprint density at radius 3 is 2.56 bits per heavy atom. The van der Waals surface area contributed by atoms with Crippen LogP contribution in [0, 0.1) is 5.92 Å². The van der Waals surface area contributed by atoms with Crippen LogP contribution in [0.2, 0.25) is 0 Å². The van der Waals surface area contributed by atoms with Gasteiger partial charge in [-0.15, -0.1) is 0 Å². The van der Waals surface area contributed by atoms with Crippen molar-refractivity contribution in [2.75, 3.05) is 19.8 Å². The molecule has 0 aromatic carbocycles. The van der Waals surface area contributed by atoms with Gasteiger partial charge in [-0.05, 0) is 18.9 Å². The topological polar surface area (TPSA) is 87.7 Å². The van der Waals surface area contributed by atoms with E-state index in [4.69, 9.17) is 4.74 Å². The number of hydrogen-bond donors (Lipinski definition) is 3. The lowest BCUT2D eigenvalue weighted by atomic mass is 9.89. The second-order valence-corrected chi connectivity index (χ2v) is 5.19. The maximum absolute atomic E-state index is 12.2. The number of carbonyl (C=O) groups is 2. The fourth-order valence-electron chi connectivity index (χ4n) is 2.61. The molecule has 2 unspecified atom stereocenters. The molecule has 3 N–H and O–H groups in total. The van der Waals surface area contributed by atoms with Crippen LogP contribution in [0.1, 0.15) is 26.2 Å². The number of amides is 1. The Morgan fingerprint density at radius 2 is 2.06 bits per heavy atom. The highest BCUT2D eigenvalue weighted by molar-refractivity contribution is 5.90. The van der Waals surface area contributed by atoms with Crippen molar-refractivity contribution < 1.29 is 19.4 Å². The number of carboxylic acid groups (broad SMARTS) is 1. The lowest BCUT2D eigenvalue weighted by Gasteiger charge is -2.35. The predicted molar refractivity (Wildman–Crippen MR) is 64.1 cm³/mol. The highest BCUT2D eigenvalue weighted by Crippen LogP contribution is 2.23. The molecule has 2 rings (SSSR count). The van der Waals surface area contributed by atoms with Crippen molar-refractivity contribution in [2.45, 2.75) is 37.8 Å². The Morgan fingerprint density at radius 1 is 1.39 bits per heavy atom. The van der Waals surface area contributed by atoms with E-state index in [9.17, 15) is 14.7 Å². The van der Waals surface area contributed by atoms with Crippen LogP contribution in [-0.2, 0) is 14.3 Å². The molecule has 0 bridgehead atoms. The zero-order valence-electron chi connectivity index (χ0n) is 10.6. The molecule has 6 nitrogen and oxygen atoms in total. The summed E-state index contributed by atoms with van der Waals surface area (Å²) in [6.45, 7) is 3.56. The Hall–Kier alpha value is -1.14. The van der Waals surface area contributed by atoms with E-state index in [1.807, 2.05) is 6.92 Å². The number of carboxylic acids is 1. The van der Waals surface area contributed by atoms with Crippen LogP contribution in [0.25, 0.3) is 0 Å². The van der Waals surface area contributed by atoms with Crippen molar-refractivity contribution in [2.24, 2.45) is 5.92 Å². The van der Waals surface area contributed by atoms with Gasteiger partial charge in [0.05, 0.1) is 6.04 Å². The van der Waals surface area contributed by atoms with E-state index in [1.54, 1.807) is 0 Å². The van der Waals surface area contributed by atoms with Crippen LogP contribution in [-0.4, -0.2) is 48.3 Å². The minimum Gasteiger partial charge on any atom is -0.480 e. The molecule has 18 heavy (non-hydrogen) atoms. The smallest absolute Gasteiger partial charge is 0.329 e. The van der Waals surface area contributed by atoms with E-state index >= 15 is 0 Å². The van der Waals surface area contributed by atoms with Gasteiger partial charge in [0.15, 0.2) is 0 Å². The van der Waals surface area contributed by atoms with Crippen molar-refractivity contribution in [3.05, 3.63) is 0 Å². The van der Waals surface area contributed by atoms with Gasteiger partial charge in [-0.3, -0.25) is 4.79 Å². The largest absolute Gasteiger partial charge is 0.480 e. The zero-order chi connectivity index (χ0) is 13.2. The molecule has 2 aliphatic rings. The SMILES string of the molecule is CC1CCNC1C(=O)NC1(C(=O)O)CCOCC1. The summed E-state index contributed by atoms with van der Waals surface area (Å²) in [5, 5.41) is 15.2. The summed E-state index contributed by atoms with van der Waals surface area (Å²) in [6, 6.07) is -0.274. The molecule has 2 saturated heterocycles. The quantitative estimate of drug-likeness (QED) is 0.647. The predicted octanol–water partition coefficient (Wildman–Crippen LogP) is -0.266. The Labute approximate surface area is 106 Å². The second kappa shape index (κ2) is 5.24. The summed E-state index contributed by atoms with van der Waals surface area (Å²) in [4.78, 5) is 23.6. The summed E-state index contributed by atoms with van der Waals surface area (Å²) in [7, 11) is 0. The van der Waals surface area contributed by atoms with Gasteiger partial charge in [0.1, 0.15) is 5.54 Å².